The third-order valence-electron chi connectivity index (χ3n) is 5.91. The Morgan fingerprint density at radius 1 is 1.00 bits per heavy atom. The van der Waals surface area contributed by atoms with E-state index in [1.807, 2.05) is 49.4 Å². The van der Waals surface area contributed by atoms with Gasteiger partial charge in [0.15, 0.2) is 5.11 Å². The lowest BCUT2D eigenvalue weighted by Crippen LogP contribution is -2.30. The first-order chi connectivity index (χ1) is 18.0. The largest absolute Gasteiger partial charge is 0.356 e. The first-order valence-electron chi connectivity index (χ1n) is 11.7. The smallest absolute Gasteiger partial charge is 0.255 e. The molecule has 0 bridgehead atoms. The molecule has 3 aromatic carbocycles. The average Bonchev–Trinajstić information content (AvgIpc) is 3.40. The first kappa shape index (κ1) is 24.4. The lowest BCUT2D eigenvalue weighted by atomic mass is 10.1. The predicted molar refractivity (Wildman–Crippen MR) is 148 cm³/mol. The maximum absolute atomic E-state index is 13.1. The van der Waals surface area contributed by atoms with Crippen LogP contribution in [0.4, 0.5) is 21.5 Å². The summed E-state index contributed by atoms with van der Waals surface area (Å²) in [5.41, 5.74) is 4.50. The summed E-state index contributed by atoms with van der Waals surface area (Å²) in [6.07, 6.45) is 3.41. The van der Waals surface area contributed by atoms with E-state index in [9.17, 15) is 9.18 Å². The number of carbonyl (C=O) groups excluding carboxylic acids is 1. The van der Waals surface area contributed by atoms with Crippen molar-refractivity contribution in [2.75, 3.05) is 22.3 Å². The van der Waals surface area contributed by atoms with Crippen molar-refractivity contribution in [2.45, 2.75) is 13.0 Å². The molecule has 1 unspecified atom stereocenters. The van der Waals surface area contributed by atoms with E-state index in [1.54, 1.807) is 41.7 Å². The second-order valence-electron chi connectivity index (χ2n) is 8.50. The fourth-order valence-electron chi connectivity index (χ4n) is 3.94. The van der Waals surface area contributed by atoms with Gasteiger partial charge in [-0.05, 0) is 73.2 Å². The van der Waals surface area contributed by atoms with Gasteiger partial charge < -0.3 is 16.0 Å². The van der Waals surface area contributed by atoms with Gasteiger partial charge in [-0.3, -0.25) is 14.6 Å². The summed E-state index contributed by atoms with van der Waals surface area (Å²) in [4.78, 5) is 22.9. The average molecular weight is 514 g/mol. The van der Waals surface area contributed by atoms with Crippen molar-refractivity contribution in [3.05, 3.63) is 108 Å². The molecule has 3 N–H and O–H groups in total. The number of para-hydroxylation sites is 1. The molecule has 1 aromatic heterocycles. The van der Waals surface area contributed by atoms with Crippen LogP contribution in [0.2, 0.25) is 0 Å². The minimum absolute atomic E-state index is 0.0919. The van der Waals surface area contributed by atoms with Crippen molar-refractivity contribution in [2.24, 2.45) is 0 Å². The van der Waals surface area contributed by atoms with Gasteiger partial charge in [0.05, 0.1) is 22.8 Å². The zero-order valence-corrected chi connectivity index (χ0v) is 20.8. The van der Waals surface area contributed by atoms with Crippen LogP contribution in [0.5, 0.6) is 0 Å². The number of amides is 1. The van der Waals surface area contributed by atoms with Gasteiger partial charge in [-0.15, -0.1) is 0 Å². The Hall–Kier alpha value is -4.34. The van der Waals surface area contributed by atoms with E-state index < -0.39 is 0 Å². The number of benzene rings is 3. The highest BCUT2D eigenvalue weighted by molar-refractivity contribution is 7.80. The summed E-state index contributed by atoms with van der Waals surface area (Å²) in [6, 6.07) is 23.0. The molecule has 9 heteroatoms. The Morgan fingerprint density at radius 3 is 2.46 bits per heavy atom. The molecule has 0 saturated carbocycles. The zero-order chi connectivity index (χ0) is 25.8. The number of rotatable bonds is 6. The van der Waals surface area contributed by atoms with Crippen LogP contribution < -0.4 is 21.0 Å². The van der Waals surface area contributed by atoms with E-state index in [0.717, 1.165) is 27.8 Å². The van der Waals surface area contributed by atoms with Crippen LogP contribution >= 0.6 is 12.2 Å². The number of thiocarbonyl (C=S) groups is 1. The SMILES string of the molecule is CC(NC(=S)Nc1ccc(NC(=O)C2=CN(c3ccnc4ccccc34)OC2)cc1)c1ccc(F)cc1. The molecule has 1 amide bonds. The number of nitrogens with zero attached hydrogens (tertiary/aromatic N) is 2. The van der Waals surface area contributed by atoms with E-state index in [0.29, 0.717) is 16.4 Å². The Morgan fingerprint density at radius 2 is 1.70 bits per heavy atom. The lowest BCUT2D eigenvalue weighted by molar-refractivity contribution is -0.113. The highest BCUT2D eigenvalue weighted by Gasteiger charge is 2.22. The predicted octanol–water partition coefficient (Wildman–Crippen LogP) is 5.70. The van der Waals surface area contributed by atoms with Crippen LogP contribution in [0.15, 0.2) is 96.8 Å². The van der Waals surface area contributed by atoms with E-state index in [1.165, 1.54) is 12.1 Å². The normalized spacial score (nSPS) is 13.7. The van der Waals surface area contributed by atoms with E-state index in [4.69, 9.17) is 17.1 Å². The minimum Gasteiger partial charge on any atom is -0.356 e. The Bertz CT molecular complexity index is 1470. The van der Waals surface area contributed by atoms with Gasteiger partial charge in [-0.2, -0.15) is 0 Å². The molecule has 5 rings (SSSR count). The molecule has 0 aliphatic carbocycles. The number of hydroxylamine groups is 1. The van der Waals surface area contributed by atoms with Crippen molar-refractivity contribution in [1.82, 2.24) is 10.3 Å². The molecule has 4 aromatic rings. The van der Waals surface area contributed by atoms with Gasteiger partial charge in [0, 0.05) is 29.2 Å². The quantitative estimate of drug-likeness (QED) is 0.286. The highest BCUT2D eigenvalue weighted by atomic mass is 32.1. The zero-order valence-electron chi connectivity index (χ0n) is 19.9. The Kier molecular flexibility index (Phi) is 7.07. The molecule has 2 heterocycles. The van der Waals surface area contributed by atoms with Crippen LogP contribution in [0.1, 0.15) is 18.5 Å². The van der Waals surface area contributed by atoms with Crippen LogP contribution in [0.3, 0.4) is 0 Å². The summed E-state index contributed by atoms with van der Waals surface area (Å²) in [7, 11) is 0. The molecule has 7 nitrogen and oxygen atoms in total. The third kappa shape index (κ3) is 5.74. The van der Waals surface area contributed by atoms with E-state index >= 15 is 0 Å². The number of carbonyl (C=O) groups is 1. The molecule has 1 aliphatic heterocycles. The van der Waals surface area contributed by atoms with Crippen LogP contribution in [0.25, 0.3) is 10.9 Å². The number of hydrogen-bond donors (Lipinski definition) is 3. The number of pyridine rings is 1. The number of nitrogens with one attached hydrogen (secondary N) is 3. The second-order valence-corrected chi connectivity index (χ2v) is 8.91. The van der Waals surface area contributed by atoms with Crippen molar-refractivity contribution in [3.63, 3.8) is 0 Å². The van der Waals surface area contributed by atoms with Crippen molar-refractivity contribution < 1.29 is 14.0 Å². The van der Waals surface area contributed by atoms with Gasteiger partial charge in [0.2, 0.25) is 0 Å². The van der Waals surface area contributed by atoms with E-state index in [-0.39, 0.29) is 24.4 Å². The molecular formula is C28H24FN5O2S. The summed E-state index contributed by atoms with van der Waals surface area (Å²) < 4.78 is 13.1. The maximum Gasteiger partial charge on any atom is 0.255 e. The number of hydrogen-bond acceptors (Lipinski definition) is 5. The van der Waals surface area contributed by atoms with Gasteiger partial charge in [0.1, 0.15) is 12.4 Å². The highest BCUT2D eigenvalue weighted by Crippen LogP contribution is 2.29. The van der Waals surface area contributed by atoms with Crippen molar-refractivity contribution in [3.8, 4) is 0 Å². The fourth-order valence-corrected chi connectivity index (χ4v) is 4.23. The summed E-state index contributed by atoms with van der Waals surface area (Å²) in [6.45, 7) is 2.11. The van der Waals surface area contributed by atoms with Gasteiger partial charge in [0.25, 0.3) is 5.91 Å². The van der Waals surface area contributed by atoms with Crippen LogP contribution in [0, 0.1) is 5.82 Å². The molecule has 0 saturated heterocycles. The van der Waals surface area contributed by atoms with E-state index in [2.05, 4.69) is 20.9 Å². The Balaban J connectivity index is 1.17. The third-order valence-corrected chi connectivity index (χ3v) is 6.13. The lowest BCUT2D eigenvalue weighted by Gasteiger charge is -2.17. The maximum atomic E-state index is 13.1. The molecular weight excluding hydrogens is 489 g/mol. The summed E-state index contributed by atoms with van der Waals surface area (Å²) in [5, 5.41) is 12.2. The van der Waals surface area contributed by atoms with Crippen molar-refractivity contribution in [1.29, 1.82) is 0 Å². The topological polar surface area (TPSA) is 78.5 Å². The monoisotopic (exact) mass is 513 g/mol. The fraction of sp³-hybridized carbons (Fsp3) is 0.107. The molecule has 0 fully saturated rings. The standard InChI is InChI=1S/C28H24FN5O2S/c1-18(19-6-8-21(29)9-7-19)31-28(37)33-23-12-10-22(11-13-23)32-27(35)20-16-34(36-17-20)26-14-15-30-25-5-3-2-4-24(25)26/h2-16,18H,17H2,1H3,(H,32,35)(H2,31,33,37). The first-order valence-corrected chi connectivity index (χ1v) is 12.1. The number of halogens is 1. The van der Waals surface area contributed by atoms with Gasteiger partial charge in [-0.1, -0.05) is 30.3 Å². The molecule has 0 spiro atoms. The van der Waals surface area contributed by atoms with Crippen molar-refractivity contribution >= 4 is 51.2 Å². The summed E-state index contributed by atoms with van der Waals surface area (Å²) in [5.74, 6) is -0.521. The number of aromatic nitrogens is 1. The van der Waals surface area contributed by atoms with Gasteiger partial charge >= 0.3 is 0 Å². The number of anilines is 3. The summed E-state index contributed by atoms with van der Waals surface area (Å²) >= 11 is 5.40. The van der Waals surface area contributed by atoms with Gasteiger partial charge in [-0.25, -0.2) is 9.45 Å². The van der Waals surface area contributed by atoms with Crippen LogP contribution in [-0.2, 0) is 9.63 Å². The molecule has 37 heavy (non-hydrogen) atoms. The molecule has 0 radical (unpaired) electrons. The minimum atomic E-state index is -0.278. The molecule has 186 valence electrons. The number of fused-ring (bicyclic) bond motifs is 1. The van der Waals surface area contributed by atoms with Crippen LogP contribution in [-0.4, -0.2) is 22.6 Å². The second kappa shape index (κ2) is 10.7. The Labute approximate surface area is 218 Å². The molecule has 1 atom stereocenters. The molecule has 1 aliphatic rings.